The summed E-state index contributed by atoms with van der Waals surface area (Å²) < 4.78 is 11.5. The van der Waals surface area contributed by atoms with Gasteiger partial charge in [-0.2, -0.15) is 0 Å². The molecular formula is C19H29N3O3. The fourth-order valence-electron chi connectivity index (χ4n) is 3.43. The zero-order valence-corrected chi connectivity index (χ0v) is 14.9. The maximum atomic E-state index is 12.4. The first-order valence-electron chi connectivity index (χ1n) is 9.27. The van der Waals surface area contributed by atoms with Crippen LogP contribution in [0.1, 0.15) is 18.9 Å². The van der Waals surface area contributed by atoms with Gasteiger partial charge in [-0.25, -0.2) is 0 Å². The monoisotopic (exact) mass is 347 g/mol. The lowest BCUT2D eigenvalue weighted by molar-refractivity contribution is -0.137. The molecule has 6 heteroatoms. The third-order valence-corrected chi connectivity index (χ3v) is 4.86. The van der Waals surface area contributed by atoms with Gasteiger partial charge >= 0.3 is 0 Å². The molecule has 1 aromatic rings. The fraction of sp³-hybridized carbons (Fsp3) is 0.632. The molecule has 2 saturated heterocycles. The van der Waals surface area contributed by atoms with Crippen LogP contribution in [-0.2, 0) is 20.8 Å². The molecule has 0 radical (unpaired) electrons. The van der Waals surface area contributed by atoms with E-state index in [1.165, 1.54) is 5.56 Å². The van der Waals surface area contributed by atoms with Gasteiger partial charge in [-0.05, 0) is 12.0 Å². The molecule has 3 rings (SSSR count). The highest BCUT2D eigenvalue weighted by atomic mass is 16.5. The highest BCUT2D eigenvalue weighted by Gasteiger charge is 2.31. The van der Waals surface area contributed by atoms with Gasteiger partial charge in [0.2, 0.25) is 0 Å². The van der Waals surface area contributed by atoms with Crippen LogP contribution in [0.25, 0.3) is 0 Å². The van der Waals surface area contributed by atoms with Gasteiger partial charge in [-0.15, -0.1) is 0 Å². The van der Waals surface area contributed by atoms with E-state index in [-0.39, 0.29) is 18.1 Å². The average Bonchev–Trinajstić information content (AvgIpc) is 2.67. The molecule has 2 fully saturated rings. The minimum atomic E-state index is -0.396. The molecule has 3 unspecified atom stereocenters. The Morgan fingerprint density at radius 2 is 2.16 bits per heavy atom. The Morgan fingerprint density at radius 1 is 1.32 bits per heavy atom. The third kappa shape index (κ3) is 5.25. The number of amides is 1. The molecule has 2 N–H and O–H groups in total. The first kappa shape index (κ1) is 18.3. The van der Waals surface area contributed by atoms with E-state index in [0.29, 0.717) is 19.8 Å². The second-order valence-corrected chi connectivity index (χ2v) is 6.72. The Kier molecular flexibility index (Phi) is 6.81. The summed E-state index contributed by atoms with van der Waals surface area (Å²) in [7, 11) is 0. The number of carbonyl (C=O) groups excluding carboxylic acids is 1. The number of nitrogens with one attached hydrogen (secondary N) is 2. The molecule has 138 valence electrons. The normalized spacial score (nSPS) is 26.1. The van der Waals surface area contributed by atoms with Crippen molar-refractivity contribution in [2.24, 2.45) is 0 Å². The number of carbonyl (C=O) groups is 1. The molecule has 3 atom stereocenters. The summed E-state index contributed by atoms with van der Waals surface area (Å²) in [6.07, 6.45) is 0.463. The Balaban J connectivity index is 1.53. The smallest absolute Gasteiger partial charge is 0.250 e. The number of nitrogens with zero attached hydrogens (tertiary/aromatic N) is 1. The van der Waals surface area contributed by atoms with Crippen molar-refractivity contribution >= 4 is 5.91 Å². The quantitative estimate of drug-likeness (QED) is 0.796. The van der Waals surface area contributed by atoms with Crippen LogP contribution in [0.15, 0.2) is 30.3 Å². The minimum absolute atomic E-state index is 0.0107. The number of morpholine rings is 2. The van der Waals surface area contributed by atoms with E-state index in [0.717, 1.165) is 32.6 Å². The SMILES string of the molecule is CCC(NC(=O)C1CNCCO1)C1CN(Cc2ccccc2)CCO1. The zero-order chi connectivity index (χ0) is 17.5. The van der Waals surface area contributed by atoms with Crippen LogP contribution < -0.4 is 10.6 Å². The standard InChI is InChI=1S/C19H29N3O3/c1-2-16(21-19(23)17-12-20-8-10-24-17)18-14-22(9-11-25-18)13-15-6-4-3-5-7-15/h3-7,16-18,20H,2,8-14H2,1H3,(H,21,23). The van der Waals surface area contributed by atoms with Gasteiger partial charge in [0.15, 0.2) is 0 Å². The molecule has 1 aromatic carbocycles. The van der Waals surface area contributed by atoms with Crippen molar-refractivity contribution in [3.05, 3.63) is 35.9 Å². The van der Waals surface area contributed by atoms with Gasteiger partial charge in [0, 0.05) is 32.7 Å². The van der Waals surface area contributed by atoms with Gasteiger partial charge in [0.05, 0.1) is 25.4 Å². The second-order valence-electron chi connectivity index (χ2n) is 6.72. The molecule has 1 amide bonds. The highest BCUT2D eigenvalue weighted by molar-refractivity contribution is 5.81. The van der Waals surface area contributed by atoms with E-state index in [1.54, 1.807) is 0 Å². The minimum Gasteiger partial charge on any atom is -0.373 e. The van der Waals surface area contributed by atoms with E-state index in [1.807, 2.05) is 6.07 Å². The largest absolute Gasteiger partial charge is 0.373 e. The van der Waals surface area contributed by atoms with Crippen LogP contribution >= 0.6 is 0 Å². The van der Waals surface area contributed by atoms with Gasteiger partial charge in [-0.3, -0.25) is 9.69 Å². The van der Waals surface area contributed by atoms with Crippen LogP contribution in [-0.4, -0.2) is 68.4 Å². The summed E-state index contributed by atoms with van der Waals surface area (Å²) in [6.45, 7) is 7.42. The van der Waals surface area contributed by atoms with E-state index < -0.39 is 6.10 Å². The predicted molar refractivity (Wildman–Crippen MR) is 96.3 cm³/mol. The van der Waals surface area contributed by atoms with E-state index >= 15 is 0 Å². The first-order valence-corrected chi connectivity index (χ1v) is 9.27. The first-order chi connectivity index (χ1) is 12.3. The Morgan fingerprint density at radius 3 is 2.88 bits per heavy atom. The zero-order valence-electron chi connectivity index (χ0n) is 14.9. The number of hydrogen-bond donors (Lipinski definition) is 2. The number of ether oxygens (including phenoxy) is 2. The van der Waals surface area contributed by atoms with E-state index in [9.17, 15) is 4.79 Å². The molecular weight excluding hydrogens is 318 g/mol. The summed E-state index contributed by atoms with van der Waals surface area (Å²) in [5.41, 5.74) is 1.31. The van der Waals surface area contributed by atoms with Crippen molar-refractivity contribution in [2.45, 2.75) is 38.1 Å². The van der Waals surface area contributed by atoms with Crippen molar-refractivity contribution in [1.29, 1.82) is 0 Å². The lowest BCUT2D eigenvalue weighted by atomic mass is 10.1. The predicted octanol–water partition coefficient (Wildman–Crippen LogP) is 0.771. The summed E-state index contributed by atoms with van der Waals surface area (Å²) in [5, 5.41) is 6.33. The van der Waals surface area contributed by atoms with E-state index in [2.05, 4.69) is 46.7 Å². The van der Waals surface area contributed by atoms with Crippen LogP contribution in [0, 0.1) is 0 Å². The molecule has 2 aliphatic heterocycles. The van der Waals surface area contributed by atoms with E-state index in [4.69, 9.17) is 9.47 Å². The van der Waals surface area contributed by atoms with Crippen LogP contribution in [0.2, 0.25) is 0 Å². The molecule has 0 aromatic heterocycles. The molecule has 6 nitrogen and oxygen atoms in total. The van der Waals surface area contributed by atoms with Crippen molar-refractivity contribution < 1.29 is 14.3 Å². The maximum Gasteiger partial charge on any atom is 0.250 e. The van der Waals surface area contributed by atoms with Gasteiger partial charge in [-0.1, -0.05) is 37.3 Å². The molecule has 0 aliphatic carbocycles. The van der Waals surface area contributed by atoms with Gasteiger partial charge < -0.3 is 20.1 Å². The molecule has 2 heterocycles. The average molecular weight is 347 g/mol. The lowest BCUT2D eigenvalue weighted by Gasteiger charge is -2.37. The molecule has 0 bridgehead atoms. The molecule has 0 saturated carbocycles. The molecule has 25 heavy (non-hydrogen) atoms. The van der Waals surface area contributed by atoms with Gasteiger partial charge in [0.1, 0.15) is 6.10 Å². The number of rotatable bonds is 6. The second kappa shape index (κ2) is 9.29. The maximum absolute atomic E-state index is 12.4. The lowest BCUT2D eigenvalue weighted by Crippen LogP contribution is -2.56. The van der Waals surface area contributed by atoms with Crippen molar-refractivity contribution in [1.82, 2.24) is 15.5 Å². The molecule has 2 aliphatic rings. The topological polar surface area (TPSA) is 62.8 Å². The van der Waals surface area contributed by atoms with Crippen molar-refractivity contribution in [2.75, 3.05) is 39.4 Å². The third-order valence-electron chi connectivity index (χ3n) is 4.86. The van der Waals surface area contributed by atoms with Crippen LogP contribution in [0.5, 0.6) is 0 Å². The Labute approximate surface area is 149 Å². The summed E-state index contributed by atoms with van der Waals surface area (Å²) in [5.74, 6) is -0.0390. The van der Waals surface area contributed by atoms with Gasteiger partial charge in [0.25, 0.3) is 5.91 Å². The number of benzene rings is 1. The number of hydrogen-bond acceptors (Lipinski definition) is 5. The fourth-order valence-corrected chi connectivity index (χ4v) is 3.43. The molecule has 0 spiro atoms. The highest BCUT2D eigenvalue weighted by Crippen LogP contribution is 2.15. The van der Waals surface area contributed by atoms with Crippen molar-refractivity contribution in [3.63, 3.8) is 0 Å². The van der Waals surface area contributed by atoms with Crippen LogP contribution in [0.3, 0.4) is 0 Å². The Bertz CT molecular complexity index is 534. The van der Waals surface area contributed by atoms with Crippen molar-refractivity contribution in [3.8, 4) is 0 Å². The summed E-state index contributed by atoms with van der Waals surface area (Å²) in [6, 6.07) is 10.5. The van der Waals surface area contributed by atoms with Crippen LogP contribution in [0.4, 0.5) is 0 Å². The summed E-state index contributed by atoms with van der Waals surface area (Å²) >= 11 is 0. The Hall–Kier alpha value is -1.47. The summed E-state index contributed by atoms with van der Waals surface area (Å²) in [4.78, 5) is 14.8.